The fraction of sp³-hybridized carbons (Fsp3) is 0.348. The summed E-state index contributed by atoms with van der Waals surface area (Å²) in [5.41, 5.74) is 2.01. The summed E-state index contributed by atoms with van der Waals surface area (Å²) in [5, 5.41) is 3.00. The molecule has 1 aliphatic rings. The van der Waals surface area contributed by atoms with E-state index in [9.17, 15) is 14.4 Å². The molecular formula is C23H28N3O3+. The summed E-state index contributed by atoms with van der Waals surface area (Å²) in [4.78, 5) is 39.8. The SMILES string of the molecule is CC[NH+](CC)[C@@H](CNC(=O)CCN1C(=O)c2ccccc2C1=O)c1ccccc1. The van der Waals surface area contributed by atoms with E-state index in [1.807, 2.05) is 18.2 Å². The van der Waals surface area contributed by atoms with Gasteiger partial charge in [-0.15, -0.1) is 0 Å². The first kappa shape index (κ1) is 20.7. The number of quaternary nitrogens is 1. The van der Waals surface area contributed by atoms with Gasteiger partial charge >= 0.3 is 0 Å². The number of hydrogen-bond donors (Lipinski definition) is 2. The minimum atomic E-state index is -0.326. The lowest BCUT2D eigenvalue weighted by atomic mass is 10.1. The van der Waals surface area contributed by atoms with Gasteiger partial charge in [-0.25, -0.2) is 0 Å². The van der Waals surface area contributed by atoms with Gasteiger partial charge in [0, 0.05) is 18.5 Å². The Kier molecular flexibility index (Phi) is 6.77. The summed E-state index contributed by atoms with van der Waals surface area (Å²) in [5.74, 6) is -0.810. The van der Waals surface area contributed by atoms with Gasteiger partial charge < -0.3 is 10.2 Å². The molecule has 3 rings (SSSR count). The molecule has 0 unspecified atom stereocenters. The molecular weight excluding hydrogens is 366 g/mol. The number of likely N-dealkylation sites (N-methyl/N-ethyl adjacent to an activating group) is 1. The summed E-state index contributed by atoms with van der Waals surface area (Å²) in [7, 11) is 0. The topological polar surface area (TPSA) is 70.9 Å². The van der Waals surface area contributed by atoms with Crippen LogP contribution in [0.4, 0.5) is 0 Å². The van der Waals surface area contributed by atoms with Gasteiger partial charge in [0.1, 0.15) is 6.04 Å². The van der Waals surface area contributed by atoms with Crippen molar-refractivity contribution < 1.29 is 19.3 Å². The molecule has 2 aromatic carbocycles. The molecule has 2 N–H and O–H groups in total. The highest BCUT2D eigenvalue weighted by Gasteiger charge is 2.35. The molecule has 0 radical (unpaired) electrons. The predicted molar refractivity (Wildman–Crippen MR) is 111 cm³/mol. The number of carbonyl (C=O) groups is 3. The Morgan fingerprint density at radius 1 is 0.931 bits per heavy atom. The first-order chi connectivity index (χ1) is 14.1. The zero-order valence-electron chi connectivity index (χ0n) is 17.0. The Balaban J connectivity index is 1.58. The van der Waals surface area contributed by atoms with Crippen molar-refractivity contribution in [1.29, 1.82) is 0 Å². The maximum atomic E-state index is 12.5. The molecule has 2 aromatic rings. The van der Waals surface area contributed by atoms with E-state index in [1.54, 1.807) is 24.3 Å². The average molecular weight is 394 g/mol. The number of carbonyl (C=O) groups excluding carboxylic acids is 3. The number of benzene rings is 2. The van der Waals surface area contributed by atoms with Crippen LogP contribution in [-0.4, -0.2) is 48.8 Å². The monoisotopic (exact) mass is 394 g/mol. The van der Waals surface area contributed by atoms with Crippen LogP contribution in [0.2, 0.25) is 0 Å². The van der Waals surface area contributed by atoms with E-state index >= 15 is 0 Å². The van der Waals surface area contributed by atoms with Gasteiger partial charge in [-0.2, -0.15) is 0 Å². The Morgan fingerprint density at radius 2 is 1.48 bits per heavy atom. The van der Waals surface area contributed by atoms with Crippen LogP contribution in [-0.2, 0) is 4.79 Å². The maximum Gasteiger partial charge on any atom is 0.261 e. The van der Waals surface area contributed by atoms with E-state index in [0.29, 0.717) is 17.7 Å². The molecule has 0 saturated heterocycles. The molecule has 3 amide bonds. The zero-order chi connectivity index (χ0) is 20.8. The van der Waals surface area contributed by atoms with Crippen molar-refractivity contribution in [3.63, 3.8) is 0 Å². The minimum absolute atomic E-state index is 0.0896. The summed E-state index contributed by atoms with van der Waals surface area (Å²) in [6, 6.07) is 17.1. The van der Waals surface area contributed by atoms with Crippen LogP contribution in [0.5, 0.6) is 0 Å². The fourth-order valence-corrected chi connectivity index (χ4v) is 3.89. The highest BCUT2D eigenvalue weighted by atomic mass is 16.2. The van der Waals surface area contributed by atoms with Gasteiger partial charge in [-0.3, -0.25) is 19.3 Å². The molecule has 0 saturated carbocycles. The second-order valence-electron chi connectivity index (χ2n) is 7.19. The Bertz CT molecular complexity index is 843. The number of imide groups is 1. The Hall–Kier alpha value is -2.99. The van der Waals surface area contributed by atoms with Gasteiger partial charge in [0.15, 0.2) is 0 Å². The van der Waals surface area contributed by atoms with Gasteiger partial charge in [-0.1, -0.05) is 42.5 Å². The molecule has 6 heteroatoms. The number of fused-ring (bicyclic) bond motifs is 1. The lowest BCUT2D eigenvalue weighted by Gasteiger charge is -2.27. The molecule has 0 aromatic heterocycles. The summed E-state index contributed by atoms with van der Waals surface area (Å²) in [6.07, 6.45) is 0.0978. The molecule has 0 fully saturated rings. The maximum absolute atomic E-state index is 12.5. The standard InChI is InChI=1S/C23H27N3O3/c1-3-25(4-2)20(17-10-6-5-7-11-17)16-24-21(27)14-15-26-22(28)18-12-8-9-13-19(18)23(26)29/h5-13,20H,3-4,14-16H2,1-2H3,(H,24,27)/p+1/t20-/m0/s1. The van der Waals surface area contributed by atoms with E-state index in [2.05, 4.69) is 31.3 Å². The van der Waals surface area contributed by atoms with Crippen LogP contribution in [0, 0.1) is 0 Å². The number of rotatable bonds is 9. The second kappa shape index (κ2) is 9.47. The number of amides is 3. The van der Waals surface area contributed by atoms with Crippen LogP contribution in [0.15, 0.2) is 54.6 Å². The summed E-state index contributed by atoms with van der Waals surface area (Å²) >= 11 is 0. The van der Waals surface area contributed by atoms with Gasteiger partial charge in [0.05, 0.1) is 30.8 Å². The van der Waals surface area contributed by atoms with Gasteiger partial charge in [0.2, 0.25) is 5.91 Å². The van der Waals surface area contributed by atoms with Crippen LogP contribution in [0.3, 0.4) is 0 Å². The van der Waals surface area contributed by atoms with E-state index in [4.69, 9.17) is 0 Å². The van der Waals surface area contributed by atoms with Crippen molar-refractivity contribution in [3.05, 3.63) is 71.3 Å². The van der Waals surface area contributed by atoms with Crippen LogP contribution in [0.25, 0.3) is 0 Å². The zero-order valence-corrected chi connectivity index (χ0v) is 17.0. The molecule has 1 heterocycles. The molecule has 0 spiro atoms. The predicted octanol–water partition coefficient (Wildman–Crippen LogP) is 1.45. The number of nitrogens with one attached hydrogen (secondary N) is 2. The molecule has 6 nitrogen and oxygen atoms in total. The molecule has 1 aliphatic heterocycles. The van der Waals surface area contributed by atoms with Crippen molar-refractivity contribution in [2.24, 2.45) is 0 Å². The highest BCUT2D eigenvalue weighted by molar-refractivity contribution is 6.21. The van der Waals surface area contributed by atoms with E-state index < -0.39 is 0 Å². The smallest absolute Gasteiger partial charge is 0.261 e. The first-order valence-corrected chi connectivity index (χ1v) is 10.2. The molecule has 0 aliphatic carbocycles. The van der Waals surface area contributed by atoms with Gasteiger partial charge in [-0.05, 0) is 26.0 Å². The van der Waals surface area contributed by atoms with E-state index in [1.165, 1.54) is 10.5 Å². The number of nitrogens with zero attached hydrogens (tertiary/aromatic N) is 1. The van der Waals surface area contributed by atoms with E-state index in [0.717, 1.165) is 18.0 Å². The highest BCUT2D eigenvalue weighted by Crippen LogP contribution is 2.22. The third-order valence-electron chi connectivity index (χ3n) is 5.55. The number of hydrogen-bond acceptors (Lipinski definition) is 3. The lowest BCUT2D eigenvalue weighted by Crippen LogP contribution is -3.12. The third kappa shape index (κ3) is 4.54. The Labute approximate surface area is 171 Å². The minimum Gasteiger partial charge on any atom is -0.350 e. The summed E-state index contributed by atoms with van der Waals surface area (Å²) < 4.78 is 0. The fourth-order valence-electron chi connectivity index (χ4n) is 3.89. The largest absolute Gasteiger partial charge is 0.350 e. The molecule has 0 bridgehead atoms. The van der Waals surface area contributed by atoms with Crippen LogP contribution < -0.4 is 10.2 Å². The van der Waals surface area contributed by atoms with Crippen molar-refractivity contribution in [3.8, 4) is 0 Å². The van der Waals surface area contributed by atoms with Crippen molar-refractivity contribution >= 4 is 17.7 Å². The summed E-state index contributed by atoms with van der Waals surface area (Å²) in [6.45, 7) is 6.80. The van der Waals surface area contributed by atoms with Crippen molar-refractivity contribution in [2.45, 2.75) is 26.3 Å². The molecule has 1 atom stereocenters. The lowest BCUT2D eigenvalue weighted by molar-refractivity contribution is -0.927. The van der Waals surface area contributed by atoms with E-state index in [-0.39, 0.29) is 36.7 Å². The Morgan fingerprint density at radius 3 is 2.03 bits per heavy atom. The quantitative estimate of drug-likeness (QED) is 0.633. The van der Waals surface area contributed by atoms with Crippen LogP contribution >= 0.6 is 0 Å². The van der Waals surface area contributed by atoms with Crippen molar-refractivity contribution in [1.82, 2.24) is 10.2 Å². The normalized spacial score (nSPS) is 14.2. The molecule has 29 heavy (non-hydrogen) atoms. The average Bonchev–Trinajstić information content (AvgIpc) is 3.00. The second-order valence-corrected chi connectivity index (χ2v) is 7.19. The van der Waals surface area contributed by atoms with Crippen LogP contribution in [0.1, 0.15) is 52.6 Å². The van der Waals surface area contributed by atoms with Gasteiger partial charge in [0.25, 0.3) is 11.8 Å². The molecule has 152 valence electrons. The first-order valence-electron chi connectivity index (χ1n) is 10.2. The van der Waals surface area contributed by atoms with Crippen molar-refractivity contribution in [2.75, 3.05) is 26.2 Å². The third-order valence-corrected chi connectivity index (χ3v) is 5.55.